The Kier molecular flexibility index (Phi) is 4.57. The molecule has 0 saturated heterocycles. The van der Waals surface area contributed by atoms with Crippen molar-refractivity contribution < 1.29 is 14.2 Å². The number of pyridine rings is 2. The minimum Gasteiger partial charge on any atom is -0.493 e. The molecule has 0 atom stereocenters. The summed E-state index contributed by atoms with van der Waals surface area (Å²) in [6, 6.07) is 14.1. The molecule has 5 heteroatoms. The molecule has 2 heterocycles. The lowest BCUT2D eigenvalue weighted by Crippen LogP contribution is -2.05. The van der Waals surface area contributed by atoms with Crippen molar-refractivity contribution in [2.75, 3.05) is 20.8 Å². The third kappa shape index (κ3) is 3.34. The van der Waals surface area contributed by atoms with Crippen LogP contribution in [0.3, 0.4) is 0 Å². The molecular formula is C18H17N2O3. The molecule has 0 amide bonds. The van der Waals surface area contributed by atoms with Gasteiger partial charge >= 0.3 is 0 Å². The fraction of sp³-hybridized carbons (Fsp3) is 0.222. The molecule has 0 N–H and O–H groups in total. The van der Waals surface area contributed by atoms with Gasteiger partial charge in [0.25, 0.3) is 0 Å². The van der Waals surface area contributed by atoms with Gasteiger partial charge in [-0.2, -0.15) is 0 Å². The maximum Gasteiger partial charge on any atom is 0.217 e. The highest BCUT2D eigenvalue weighted by molar-refractivity contribution is 5.75. The highest BCUT2D eigenvalue weighted by Gasteiger charge is 2.09. The molecule has 2 aromatic heterocycles. The number of aromatic nitrogens is 2. The second-order valence-electron chi connectivity index (χ2n) is 4.87. The lowest BCUT2D eigenvalue weighted by molar-refractivity contribution is 0.295. The van der Waals surface area contributed by atoms with Gasteiger partial charge in [0.05, 0.1) is 31.9 Å². The zero-order chi connectivity index (χ0) is 16.1. The van der Waals surface area contributed by atoms with Crippen molar-refractivity contribution >= 4 is 11.0 Å². The van der Waals surface area contributed by atoms with Crippen LogP contribution < -0.4 is 14.2 Å². The number of ether oxygens (including phenoxy) is 3. The summed E-state index contributed by atoms with van der Waals surface area (Å²) < 4.78 is 16.4. The summed E-state index contributed by atoms with van der Waals surface area (Å²) in [6.07, 6.45) is 2.41. The highest BCUT2D eigenvalue weighted by atomic mass is 16.5. The summed E-state index contributed by atoms with van der Waals surface area (Å²) in [5.74, 6) is 1.96. The summed E-state index contributed by atoms with van der Waals surface area (Å²) in [5.41, 5.74) is 2.62. The molecule has 0 unspecified atom stereocenters. The largest absolute Gasteiger partial charge is 0.493 e. The van der Waals surface area contributed by atoms with Crippen LogP contribution in [0.4, 0.5) is 0 Å². The summed E-state index contributed by atoms with van der Waals surface area (Å²) in [5, 5.41) is 0. The van der Waals surface area contributed by atoms with Crippen LogP contribution in [0.2, 0.25) is 0 Å². The van der Waals surface area contributed by atoms with Crippen LogP contribution >= 0.6 is 0 Å². The molecule has 0 fully saturated rings. The van der Waals surface area contributed by atoms with E-state index in [1.807, 2.05) is 24.3 Å². The van der Waals surface area contributed by atoms with E-state index in [0.29, 0.717) is 30.4 Å². The average Bonchev–Trinajstić information content (AvgIpc) is 2.61. The Balaban J connectivity index is 1.76. The number of nitrogens with zero attached hydrogens (tertiary/aromatic N) is 2. The molecule has 5 nitrogen and oxygen atoms in total. The molecule has 0 bridgehead atoms. The van der Waals surface area contributed by atoms with Gasteiger partial charge in [-0.05, 0) is 36.4 Å². The first-order chi connectivity index (χ1) is 11.3. The molecule has 1 radical (unpaired) electrons. The number of hydrogen-bond donors (Lipinski definition) is 0. The minimum absolute atomic E-state index is 0.483. The van der Waals surface area contributed by atoms with E-state index in [0.717, 1.165) is 16.6 Å². The molecule has 0 saturated carbocycles. The fourth-order valence-corrected chi connectivity index (χ4v) is 2.33. The van der Waals surface area contributed by atoms with E-state index in [2.05, 4.69) is 16.0 Å². The predicted molar refractivity (Wildman–Crippen MR) is 87.1 cm³/mol. The van der Waals surface area contributed by atoms with Crippen LogP contribution in [0.5, 0.6) is 17.4 Å². The van der Waals surface area contributed by atoms with Gasteiger partial charge in [-0.3, -0.25) is 4.98 Å². The molecule has 117 valence electrons. The summed E-state index contributed by atoms with van der Waals surface area (Å²) in [6.45, 7) is 0.483. The number of fused-ring (bicyclic) bond motifs is 1. The molecule has 3 rings (SSSR count). The third-order valence-corrected chi connectivity index (χ3v) is 3.45. The van der Waals surface area contributed by atoms with E-state index in [-0.39, 0.29) is 0 Å². The maximum absolute atomic E-state index is 5.79. The van der Waals surface area contributed by atoms with Crippen molar-refractivity contribution in [3.05, 3.63) is 54.2 Å². The third-order valence-electron chi connectivity index (χ3n) is 3.45. The van der Waals surface area contributed by atoms with E-state index >= 15 is 0 Å². The Morgan fingerprint density at radius 1 is 1.09 bits per heavy atom. The number of rotatable bonds is 6. The SMILES string of the molecule is COc1c[c]ccc1OCCc1cc2ncccc2nc1OC. The van der Waals surface area contributed by atoms with Crippen molar-refractivity contribution in [1.29, 1.82) is 0 Å². The van der Waals surface area contributed by atoms with Crippen LogP contribution in [0, 0.1) is 6.07 Å². The summed E-state index contributed by atoms with van der Waals surface area (Å²) in [4.78, 5) is 8.81. The Bertz CT molecular complexity index is 805. The van der Waals surface area contributed by atoms with Gasteiger partial charge in [0.1, 0.15) is 0 Å². The van der Waals surface area contributed by atoms with Crippen LogP contribution in [-0.2, 0) is 6.42 Å². The summed E-state index contributed by atoms with van der Waals surface area (Å²) in [7, 11) is 3.23. The van der Waals surface area contributed by atoms with Gasteiger partial charge in [-0.15, -0.1) is 0 Å². The van der Waals surface area contributed by atoms with E-state index in [9.17, 15) is 0 Å². The first-order valence-corrected chi connectivity index (χ1v) is 7.27. The number of methoxy groups -OCH3 is 2. The monoisotopic (exact) mass is 309 g/mol. The van der Waals surface area contributed by atoms with Crippen molar-refractivity contribution in [3.8, 4) is 17.4 Å². The molecule has 0 aliphatic carbocycles. The quantitative estimate of drug-likeness (QED) is 0.700. The van der Waals surface area contributed by atoms with Gasteiger partial charge in [0, 0.05) is 18.2 Å². The fourth-order valence-electron chi connectivity index (χ4n) is 2.33. The van der Waals surface area contributed by atoms with Crippen molar-refractivity contribution in [2.45, 2.75) is 6.42 Å². The van der Waals surface area contributed by atoms with Gasteiger partial charge < -0.3 is 14.2 Å². The Hall–Kier alpha value is -2.82. The van der Waals surface area contributed by atoms with E-state index in [1.165, 1.54) is 0 Å². The van der Waals surface area contributed by atoms with Crippen molar-refractivity contribution in [2.24, 2.45) is 0 Å². The van der Waals surface area contributed by atoms with Crippen LogP contribution in [0.15, 0.2) is 42.6 Å². The molecule has 0 aliphatic heterocycles. The average molecular weight is 309 g/mol. The van der Waals surface area contributed by atoms with Gasteiger partial charge in [0.15, 0.2) is 11.5 Å². The van der Waals surface area contributed by atoms with Crippen LogP contribution in [0.25, 0.3) is 11.0 Å². The second kappa shape index (κ2) is 6.96. The van der Waals surface area contributed by atoms with Crippen LogP contribution in [0.1, 0.15) is 5.56 Å². The lowest BCUT2D eigenvalue weighted by atomic mass is 10.2. The molecular weight excluding hydrogens is 292 g/mol. The van der Waals surface area contributed by atoms with Gasteiger partial charge in [0.2, 0.25) is 5.88 Å². The smallest absolute Gasteiger partial charge is 0.217 e. The first kappa shape index (κ1) is 15.1. The normalized spacial score (nSPS) is 10.5. The van der Waals surface area contributed by atoms with Crippen LogP contribution in [-0.4, -0.2) is 30.8 Å². The Labute approximate surface area is 134 Å². The molecule has 0 spiro atoms. The Morgan fingerprint density at radius 2 is 2.00 bits per heavy atom. The molecule has 23 heavy (non-hydrogen) atoms. The van der Waals surface area contributed by atoms with Gasteiger partial charge in [-0.1, -0.05) is 6.07 Å². The molecule has 1 aromatic carbocycles. The number of benzene rings is 1. The van der Waals surface area contributed by atoms with E-state index < -0.39 is 0 Å². The highest BCUT2D eigenvalue weighted by Crippen LogP contribution is 2.26. The van der Waals surface area contributed by atoms with Crippen molar-refractivity contribution in [3.63, 3.8) is 0 Å². The van der Waals surface area contributed by atoms with Crippen molar-refractivity contribution in [1.82, 2.24) is 9.97 Å². The standard InChI is InChI=1S/C18H17N2O3/c1-21-16-7-3-4-8-17(16)23-11-9-13-12-15-14(6-5-10-19-15)20-18(13)22-2/h4-8,10,12H,9,11H2,1-2H3. The number of hydrogen-bond acceptors (Lipinski definition) is 5. The molecule has 0 aliphatic rings. The lowest BCUT2D eigenvalue weighted by Gasteiger charge is -2.12. The topological polar surface area (TPSA) is 53.5 Å². The molecule has 3 aromatic rings. The second-order valence-corrected chi connectivity index (χ2v) is 4.87. The predicted octanol–water partition coefficient (Wildman–Crippen LogP) is 3.07. The maximum atomic E-state index is 5.79. The summed E-state index contributed by atoms with van der Waals surface area (Å²) >= 11 is 0. The zero-order valence-corrected chi connectivity index (χ0v) is 13.1. The first-order valence-electron chi connectivity index (χ1n) is 7.27. The van der Waals surface area contributed by atoms with E-state index in [4.69, 9.17) is 14.2 Å². The van der Waals surface area contributed by atoms with Gasteiger partial charge in [-0.25, -0.2) is 4.98 Å². The van der Waals surface area contributed by atoms with E-state index in [1.54, 1.807) is 32.5 Å². The zero-order valence-electron chi connectivity index (χ0n) is 13.1. The Morgan fingerprint density at radius 3 is 2.83 bits per heavy atom. The minimum atomic E-state index is 0.483.